The monoisotopic (exact) mass is 412 g/mol. The summed E-state index contributed by atoms with van der Waals surface area (Å²) >= 11 is 0. The zero-order chi connectivity index (χ0) is 21.6. The highest BCUT2D eigenvalue weighted by Crippen LogP contribution is 2.27. The molecule has 156 valence electrons. The molecule has 0 bridgehead atoms. The molecule has 3 aromatic rings. The van der Waals surface area contributed by atoms with Crippen molar-refractivity contribution in [3.8, 4) is 11.1 Å². The van der Waals surface area contributed by atoms with Gasteiger partial charge in [0.2, 0.25) is 0 Å². The van der Waals surface area contributed by atoms with Crippen molar-refractivity contribution in [1.29, 1.82) is 0 Å². The number of anilines is 1. The molecule has 1 aliphatic carbocycles. The highest BCUT2D eigenvalue weighted by atomic mass is 16.5. The highest BCUT2D eigenvalue weighted by Gasteiger charge is 2.30. The van der Waals surface area contributed by atoms with Crippen LogP contribution < -0.4 is 11.1 Å². The van der Waals surface area contributed by atoms with E-state index in [9.17, 15) is 4.79 Å². The maximum absolute atomic E-state index is 13.0. The first-order valence-corrected chi connectivity index (χ1v) is 10.3. The minimum absolute atomic E-state index is 0.0307. The summed E-state index contributed by atoms with van der Waals surface area (Å²) in [5, 5.41) is 3.09. The van der Waals surface area contributed by atoms with Crippen LogP contribution in [-0.2, 0) is 11.3 Å². The van der Waals surface area contributed by atoms with E-state index in [-0.39, 0.29) is 23.9 Å². The number of hydrogen-bond acceptors (Lipinski definition) is 4. The van der Waals surface area contributed by atoms with Crippen LogP contribution in [0.4, 0.5) is 11.5 Å². The maximum Gasteiger partial charge on any atom is 0.255 e. The summed E-state index contributed by atoms with van der Waals surface area (Å²) in [6.45, 7) is 7.72. The van der Waals surface area contributed by atoms with Gasteiger partial charge in [0, 0.05) is 6.20 Å². The Morgan fingerprint density at radius 1 is 1.13 bits per heavy atom. The zero-order valence-electron chi connectivity index (χ0n) is 17.1. The van der Waals surface area contributed by atoms with Crippen molar-refractivity contribution in [1.82, 2.24) is 10.3 Å². The van der Waals surface area contributed by atoms with Crippen molar-refractivity contribution in [3.63, 3.8) is 0 Å². The number of nitrogens with one attached hydrogen (secondary N) is 1. The normalized spacial score (nSPS) is 17.8. The Morgan fingerprint density at radius 3 is 2.77 bits per heavy atom. The number of pyridine rings is 1. The Kier molecular flexibility index (Phi) is 6.25. The summed E-state index contributed by atoms with van der Waals surface area (Å²) in [5.41, 5.74) is 9.56. The van der Waals surface area contributed by atoms with E-state index in [1.165, 1.54) is 0 Å². The van der Waals surface area contributed by atoms with Crippen molar-refractivity contribution >= 4 is 17.4 Å². The number of carbonyl (C=O) groups excluding carboxylic acids is 1. The number of nitrogens with zero attached hydrogens (tertiary/aromatic N) is 2. The number of benzene rings is 2. The molecule has 6 nitrogen and oxygen atoms in total. The standard InChI is InChI=1S/C25H24N4O2/c1-27-20-10-5-9-18(13-20)19-14-21(24(26)28-15-19)25(30)29-22-11-6-12-23(22)31-16-17-7-3-2-4-8-17/h2-5,7-10,13-15,22-23H,6,11-12,16H2,(H2,26,28)(H,29,30)/t22-,23-/m0/s1. The van der Waals surface area contributed by atoms with E-state index in [1.807, 2.05) is 42.5 Å². The van der Waals surface area contributed by atoms with Gasteiger partial charge in [0.15, 0.2) is 5.69 Å². The maximum atomic E-state index is 13.0. The Bertz CT molecular complexity index is 1110. The molecule has 2 aromatic carbocycles. The topological polar surface area (TPSA) is 81.6 Å². The Hall–Kier alpha value is -3.69. The third-order valence-corrected chi connectivity index (χ3v) is 5.55. The van der Waals surface area contributed by atoms with Gasteiger partial charge in [-0.05, 0) is 48.1 Å². The third-order valence-electron chi connectivity index (χ3n) is 5.55. The van der Waals surface area contributed by atoms with Crippen LogP contribution in [-0.4, -0.2) is 23.0 Å². The molecule has 2 atom stereocenters. The van der Waals surface area contributed by atoms with E-state index in [4.69, 9.17) is 17.0 Å². The fraction of sp³-hybridized carbons (Fsp3) is 0.240. The number of hydrogen-bond donors (Lipinski definition) is 2. The minimum Gasteiger partial charge on any atom is -0.383 e. The lowest BCUT2D eigenvalue weighted by atomic mass is 10.0. The number of rotatable bonds is 6. The number of aromatic nitrogens is 1. The van der Waals surface area contributed by atoms with E-state index < -0.39 is 0 Å². The number of amides is 1. The molecule has 1 aromatic heterocycles. The molecule has 1 saturated carbocycles. The Labute approximate surface area is 181 Å². The summed E-state index contributed by atoms with van der Waals surface area (Å²) in [6, 6.07) is 18.9. The lowest BCUT2D eigenvalue weighted by molar-refractivity contribution is 0.0272. The summed E-state index contributed by atoms with van der Waals surface area (Å²) in [6.07, 6.45) is 4.37. The lowest BCUT2D eigenvalue weighted by Gasteiger charge is -2.22. The van der Waals surface area contributed by atoms with E-state index in [2.05, 4.69) is 15.1 Å². The summed E-state index contributed by atoms with van der Waals surface area (Å²) in [5.74, 6) is -0.0734. The Morgan fingerprint density at radius 2 is 1.97 bits per heavy atom. The van der Waals surface area contributed by atoms with Gasteiger partial charge in [-0.3, -0.25) is 4.79 Å². The second-order valence-electron chi connectivity index (χ2n) is 7.66. The number of nitrogens with two attached hydrogens (primary N) is 1. The van der Waals surface area contributed by atoms with Crippen LogP contribution in [0.1, 0.15) is 35.2 Å². The summed E-state index contributed by atoms with van der Waals surface area (Å²) in [4.78, 5) is 20.7. The van der Waals surface area contributed by atoms with Gasteiger partial charge in [0.05, 0.1) is 30.9 Å². The van der Waals surface area contributed by atoms with Gasteiger partial charge in [-0.1, -0.05) is 48.5 Å². The molecule has 1 amide bonds. The number of ether oxygens (including phenoxy) is 1. The molecule has 1 aliphatic rings. The largest absolute Gasteiger partial charge is 0.383 e. The van der Waals surface area contributed by atoms with Gasteiger partial charge in [-0.2, -0.15) is 0 Å². The molecular formula is C25H24N4O2. The molecule has 0 unspecified atom stereocenters. The average Bonchev–Trinajstić information content (AvgIpc) is 3.25. The quantitative estimate of drug-likeness (QED) is 0.573. The fourth-order valence-corrected chi connectivity index (χ4v) is 3.88. The van der Waals surface area contributed by atoms with Gasteiger partial charge in [0.1, 0.15) is 5.82 Å². The predicted molar refractivity (Wildman–Crippen MR) is 120 cm³/mol. The van der Waals surface area contributed by atoms with E-state index >= 15 is 0 Å². The first-order chi connectivity index (χ1) is 15.1. The zero-order valence-corrected chi connectivity index (χ0v) is 17.1. The van der Waals surface area contributed by atoms with Crippen LogP contribution in [0, 0.1) is 6.57 Å². The Balaban J connectivity index is 1.47. The smallest absolute Gasteiger partial charge is 0.255 e. The van der Waals surface area contributed by atoms with E-state index in [0.29, 0.717) is 17.9 Å². The van der Waals surface area contributed by atoms with Crippen LogP contribution >= 0.6 is 0 Å². The first-order valence-electron chi connectivity index (χ1n) is 10.3. The van der Waals surface area contributed by atoms with Crippen LogP contribution in [0.2, 0.25) is 0 Å². The van der Waals surface area contributed by atoms with Crippen molar-refractivity contribution in [2.24, 2.45) is 0 Å². The van der Waals surface area contributed by atoms with Crippen LogP contribution in [0.3, 0.4) is 0 Å². The molecule has 1 heterocycles. The number of carbonyl (C=O) groups is 1. The van der Waals surface area contributed by atoms with Gasteiger partial charge in [0.25, 0.3) is 5.91 Å². The second-order valence-corrected chi connectivity index (χ2v) is 7.66. The molecule has 6 heteroatoms. The molecule has 0 aliphatic heterocycles. The predicted octanol–water partition coefficient (Wildman–Crippen LogP) is 4.75. The lowest BCUT2D eigenvalue weighted by Crippen LogP contribution is -2.41. The molecule has 1 fully saturated rings. The van der Waals surface area contributed by atoms with Crippen molar-refractivity contribution in [2.75, 3.05) is 5.73 Å². The van der Waals surface area contributed by atoms with E-state index in [1.54, 1.807) is 24.4 Å². The molecule has 0 radical (unpaired) electrons. The van der Waals surface area contributed by atoms with Crippen LogP contribution in [0.25, 0.3) is 16.0 Å². The minimum atomic E-state index is -0.256. The first kappa shape index (κ1) is 20.6. The van der Waals surface area contributed by atoms with Crippen molar-refractivity contribution in [2.45, 2.75) is 38.0 Å². The van der Waals surface area contributed by atoms with Crippen molar-refractivity contribution in [3.05, 3.63) is 89.4 Å². The van der Waals surface area contributed by atoms with Crippen LogP contribution in [0.5, 0.6) is 0 Å². The van der Waals surface area contributed by atoms with E-state index in [0.717, 1.165) is 36.0 Å². The molecule has 0 spiro atoms. The fourth-order valence-electron chi connectivity index (χ4n) is 3.88. The SMILES string of the molecule is [C-]#[N+]c1cccc(-c2cnc(N)c(C(=O)N[C@H]3CCC[C@@H]3OCc3ccccc3)c2)c1. The van der Waals surface area contributed by atoms with Gasteiger partial charge < -0.3 is 15.8 Å². The second kappa shape index (κ2) is 9.41. The van der Waals surface area contributed by atoms with Gasteiger partial charge >= 0.3 is 0 Å². The van der Waals surface area contributed by atoms with Crippen LogP contribution in [0.15, 0.2) is 66.9 Å². The molecular weight excluding hydrogens is 388 g/mol. The van der Waals surface area contributed by atoms with Gasteiger partial charge in [-0.25, -0.2) is 9.83 Å². The number of nitrogen functional groups attached to an aromatic ring is 1. The highest BCUT2D eigenvalue weighted by molar-refractivity contribution is 5.99. The molecule has 31 heavy (non-hydrogen) atoms. The molecule has 4 rings (SSSR count). The molecule has 3 N–H and O–H groups in total. The summed E-state index contributed by atoms with van der Waals surface area (Å²) in [7, 11) is 0. The molecule has 0 saturated heterocycles. The third kappa shape index (κ3) is 4.90. The summed E-state index contributed by atoms with van der Waals surface area (Å²) < 4.78 is 6.10. The van der Waals surface area contributed by atoms with Gasteiger partial charge in [-0.15, -0.1) is 0 Å². The average molecular weight is 412 g/mol. The van der Waals surface area contributed by atoms with Crippen molar-refractivity contribution < 1.29 is 9.53 Å².